The first kappa shape index (κ1) is 14.2. The zero-order valence-corrected chi connectivity index (χ0v) is 13.8. The Balaban J connectivity index is 2.30. The first-order chi connectivity index (χ1) is 10.1. The number of nitrogens with two attached hydrogens (primary N) is 1. The van der Waals surface area contributed by atoms with E-state index in [2.05, 4.69) is 25.9 Å². The highest BCUT2D eigenvalue weighted by molar-refractivity contribution is 9.10. The summed E-state index contributed by atoms with van der Waals surface area (Å²) < 4.78 is 2.91. The number of thiocarbonyl (C=S) groups is 1. The molecular weight excluding hydrogens is 348 g/mol. The van der Waals surface area contributed by atoms with Crippen molar-refractivity contribution in [3.8, 4) is 5.82 Å². The number of para-hydroxylation sites is 2. The molecule has 1 aromatic carbocycles. The maximum atomic E-state index is 5.70. The number of rotatable bonds is 3. The molecule has 106 valence electrons. The van der Waals surface area contributed by atoms with Gasteiger partial charge in [-0.25, -0.2) is 9.97 Å². The summed E-state index contributed by atoms with van der Waals surface area (Å²) in [6.07, 6.45) is 2.27. The molecule has 0 radical (unpaired) electrons. The van der Waals surface area contributed by atoms with Gasteiger partial charge in [0.25, 0.3) is 0 Å². The number of fused-ring (bicyclic) bond motifs is 1. The summed E-state index contributed by atoms with van der Waals surface area (Å²) >= 11 is 8.62. The lowest BCUT2D eigenvalue weighted by Crippen LogP contribution is -2.15. The third-order valence-electron chi connectivity index (χ3n) is 3.13. The fourth-order valence-electron chi connectivity index (χ4n) is 2.28. The second-order valence-electron chi connectivity index (χ2n) is 4.81. The van der Waals surface area contributed by atoms with E-state index in [1.54, 1.807) is 0 Å². The van der Waals surface area contributed by atoms with Crippen molar-refractivity contribution >= 4 is 44.2 Å². The summed E-state index contributed by atoms with van der Waals surface area (Å²) in [5, 5.41) is 0. The number of hydrogen-bond acceptors (Lipinski definition) is 3. The minimum absolute atomic E-state index is 0.412. The monoisotopic (exact) mass is 360 g/mol. The van der Waals surface area contributed by atoms with Crippen molar-refractivity contribution in [3.63, 3.8) is 0 Å². The third-order valence-corrected chi connectivity index (χ3v) is 3.86. The Morgan fingerprint density at radius 2 is 2.14 bits per heavy atom. The molecule has 4 nitrogen and oxygen atoms in total. The summed E-state index contributed by atoms with van der Waals surface area (Å²) in [5.41, 5.74) is 8.68. The van der Waals surface area contributed by atoms with E-state index in [9.17, 15) is 0 Å². The van der Waals surface area contributed by atoms with Gasteiger partial charge in [0.2, 0.25) is 0 Å². The maximum Gasteiger partial charge on any atom is 0.152 e. The Labute approximate surface area is 136 Å². The van der Waals surface area contributed by atoms with Gasteiger partial charge in [-0.2, -0.15) is 0 Å². The lowest BCUT2D eigenvalue weighted by Gasteiger charge is -2.10. The number of aromatic nitrogens is 3. The van der Waals surface area contributed by atoms with Gasteiger partial charge < -0.3 is 5.73 Å². The van der Waals surface area contributed by atoms with E-state index in [1.165, 1.54) is 0 Å². The van der Waals surface area contributed by atoms with Crippen molar-refractivity contribution in [1.82, 2.24) is 14.5 Å². The van der Waals surface area contributed by atoms with Crippen LogP contribution in [0.4, 0.5) is 0 Å². The van der Waals surface area contributed by atoms with Crippen LogP contribution in [0, 0.1) is 6.92 Å². The van der Waals surface area contributed by atoms with Crippen LogP contribution >= 0.6 is 28.1 Å². The van der Waals surface area contributed by atoms with Gasteiger partial charge in [0.15, 0.2) is 5.82 Å². The van der Waals surface area contributed by atoms with Gasteiger partial charge in [-0.15, -0.1) is 0 Å². The third kappa shape index (κ3) is 2.69. The van der Waals surface area contributed by atoms with E-state index < -0.39 is 0 Å². The quantitative estimate of drug-likeness (QED) is 0.727. The molecule has 0 aliphatic rings. The first-order valence-corrected chi connectivity index (χ1v) is 7.63. The van der Waals surface area contributed by atoms with Crippen molar-refractivity contribution in [2.45, 2.75) is 13.3 Å². The summed E-state index contributed by atoms with van der Waals surface area (Å²) in [6.45, 7) is 2.00. The number of benzene rings is 1. The second kappa shape index (κ2) is 5.54. The van der Waals surface area contributed by atoms with Crippen molar-refractivity contribution in [1.29, 1.82) is 0 Å². The molecule has 2 heterocycles. The first-order valence-electron chi connectivity index (χ1n) is 6.43. The molecular formula is C15H13BrN4S. The molecule has 3 aromatic rings. The number of nitrogens with zero attached hydrogens (tertiary/aromatic N) is 3. The van der Waals surface area contributed by atoms with Crippen LogP contribution in [0.1, 0.15) is 11.4 Å². The van der Waals surface area contributed by atoms with E-state index in [-0.39, 0.29) is 0 Å². The van der Waals surface area contributed by atoms with E-state index in [0.717, 1.165) is 32.7 Å². The SMILES string of the molecule is Cc1cnc(-n2c(CC(N)=S)nc3ccccc32)c(Br)c1. The second-order valence-corrected chi connectivity index (χ2v) is 6.19. The minimum atomic E-state index is 0.412. The van der Waals surface area contributed by atoms with E-state index in [1.807, 2.05) is 48.0 Å². The van der Waals surface area contributed by atoms with Crippen LogP contribution < -0.4 is 5.73 Å². The average Bonchev–Trinajstić information content (AvgIpc) is 2.76. The zero-order chi connectivity index (χ0) is 15.0. The predicted molar refractivity (Wildman–Crippen MR) is 91.8 cm³/mol. The zero-order valence-electron chi connectivity index (χ0n) is 11.4. The highest BCUT2D eigenvalue weighted by Gasteiger charge is 2.16. The molecule has 0 atom stereocenters. The Morgan fingerprint density at radius 3 is 2.86 bits per heavy atom. The Morgan fingerprint density at radius 1 is 1.38 bits per heavy atom. The number of hydrogen-bond donors (Lipinski definition) is 1. The highest BCUT2D eigenvalue weighted by atomic mass is 79.9. The van der Waals surface area contributed by atoms with Gasteiger partial charge >= 0.3 is 0 Å². The Bertz CT molecular complexity index is 841. The Kier molecular flexibility index (Phi) is 3.73. The van der Waals surface area contributed by atoms with Crippen LogP contribution in [0.15, 0.2) is 41.0 Å². The van der Waals surface area contributed by atoms with Crippen LogP contribution in [0.2, 0.25) is 0 Å². The Hall–Kier alpha value is -1.79. The van der Waals surface area contributed by atoms with E-state index in [0.29, 0.717) is 11.4 Å². The van der Waals surface area contributed by atoms with Gasteiger partial charge in [0.1, 0.15) is 5.82 Å². The molecule has 0 unspecified atom stereocenters. The van der Waals surface area contributed by atoms with Crippen molar-refractivity contribution in [2.24, 2.45) is 5.73 Å². The molecule has 0 saturated carbocycles. The fourth-order valence-corrected chi connectivity index (χ4v) is 3.05. The summed E-state index contributed by atoms with van der Waals surface area (Å²) in [4.78, 5) is 9.57. The molecule has 0 spiro atoms. The normalized spacial score (nSPS) is 11.0. The number of pyridine rings is 1. The molecule has 0 saturated heterocycles. The summed E-state index contributed by atoms with van der Waals surface area (Å²) in [6, 6.07) is 9.95. The highest BCUT2D eigenvalue weighted by Crippen LogP contribution is 2.26. The predicted octanol–water partition coefficient (Wildman–Crippen LogP) is 3.32. The maximum absolute atomic E-state index is 5.70. The molecule has 0 aliphatic heterocycles. The van der Waals surface area contributed by atoms with Crippen LogP contribution in [0.3, 0.4) is 0 Å². The summed E-state index contributed by atoms with van der Waals surface area (Å²) in [7, 11) is 0. The molecule has 3 rings (SSSR count). The fraction of sp³-hybridized carbons (Fsp3) is 0.133. The van der Waals surface area contributed by atoms with E-state index >= 15 is 0 Å². The number of imidazole rings is 1. The summed E-state index contributed by atoms with van der Waals surface area (Å²) in [5.74, 6) is 1.58. The van der Waals surface area contributed by atoms with Crippen molar-refractivity contribution in [2.75, 3.05) is 0 Å². The molecule has 0 bridgehead atoms. The van der Waals surface area contributed by atoms with Gasteiger partial charge in [-0.3, -0.25) is 4.57 Å². The van der Waals surface area contributed by atoms with Crippen molar-refractivity contribution < 1.29 is 0 Å². The smallest absolute Gasteiger partial charge is 0.152 e. The van der Waals surface area contributed by atoms with E-state index in [4.69, 9.17) is 18.0 Å². The molecule has 2 N–H and O–H groups in total. The van der Waals surface area contributed by atoms with Crippen LogP contribution in [0.25, 0.3) is 16.9 Å². The standard InChI is InChI=1S/C15H13BrN4S/c1-9-6-10(16)15(18-8-9)20-12-5-3-2-4-11(12)19-14(20)7-13(17)21/h2-6,8H,7H2,1H3,(H2,17,21). The topological polar surface area (TPSA) is 56.7 Å². The molecule has 0 aliphatic carbocycles. The molecule has 6 heteroatoms. The van der Waals surface area contributed by atoms with Gasteiger partial charge in [0, 0.05) is 6.20 Å². The lowest BCUT2D eigenvalue weighted by molar-refractivity contribution is 0.923. The molecule has 2 aromatic heterocycles. The van der Waals surface area contributed by atoms with Gasteiger partial charge in [0.05, 0.1) is 26.9 Å². The van der Waals surface area contributed by atoms with Crippen LogP contribution in [0.5, 0.6) is 0 Å². The minimum Gasteiger partial charge on any atom is -0.393 e. The number of halogens is 1. The molecule has 0 fully saturated rings. The van der Waals surface area contributed by atoms with Gasteiger partial charge in [-0.05, 0) is 46.6 Å². The molecule has 0 amide bonds. The lowest BCUT2D eigenvalue weighted by atomic mass is 10.3. The number of aryl methyl sites for hydroxylation is 1. The van der Waals surface area contributed by atoms with Crippen molar-refractivity contribution in [3.05, 3.63) is 52.4 Å². The average molecular weight is 361 g/mol. The van der Waals surface area contributed by atoms with Gasteiger partial charge in [-0.1, -0.05) is 24.4 Å². The largest absolute Gasteiger partial charge is 0.393 e. The molecule has 21 heavy (non-hydrogen) atoms. The van der Waals surface area contributed by atoms with Crippen LogP contribution in [-0.2, 0) is 6.42 Å². The van der Waals surface area contributed by atoms with Crippen LogP contribution in [-0.4, -0.2) is 19.5 Å².